The molecular formula is C18H21Cl2NO2. The van der Waals surface area contributed by atoms with E-state index >= 15 is 0 Å². The Morgan fingerprint density at radius 3 is 2.35 bits per heavy atom. The van der Waals surface area contributed by atoms with E-state index in [1.165, 1.54) is 0 Å². The Hall–Kier alpha value is -1.42. The first kappa shape index (κ1) is 17.9. The van der Waals surface area contributed by atoms with Gasteiger partial charge in [0.15, 0.2) is 11.5 Å². The van der Waals surface area contributed by atoms with Crippen molar-refractivity contribution in [3.05, 3.63) is 57.6 Å². The molecule has 0 bridgehead atoms. The molecule has 23 heavy (non-hydrogen) atoms. The number of rotatable bonds is 7. The third-order valence-corrected chi connectivity index (χ3v) is 4.06. The van der Waals surface area contributed by atoms with Gasteiger partial charge in [0.25, 0.3) is 0 Å². The highest BCUT2D eigenvalue weighted by Gasteiger charge is 2.07. The molecule has 0 aliphatic carbocycles. The first-order valence-electron chi connectivity index (χ1n) is 7.46. The fourth-order valence-electron chi connectivity index (χ4n) is 2.05. The van der Waals surface area contributed by atoms with Crippen LogP contribution in [0.2, 0.25) is 10.0 Å². The predicted molar refractivity (Wildman–Crippen MR) is 95.8 cm³/mol. The molecule has 3 nitrogen and oxygen atoms in total. The summed E-state index contributed by atoms with van der Waals surface area (Å²) in [6.45, 7) is 5.43. The lowest BCUT2D eigenvalue weighted by atomic mass is 10.2. The van der Waals surface area contributed by atoms with Crippen LogP contribution in [0.3, 0.4) is 0 Å². The quantitative estimate of drug-likeness (QED) is 0.752. The van der Waals surface area contributed by atoms with Crippen molar-refractivity contribution in [2.45, 2.75) is 33.0 Å². The molecule has 2 aromatic rings. The van der Waals surface area contributed by atoms with Crippen molar-refractivity contribution in [3.8, 4) is 11.5 Å². The van der Waals surface area contributed by atoms with Crippen molar-refractivity contribution in [2.24, 2.45) is 0 Å². The molecule has 0 heterocycles. The third-order valence-electron chi connectivity index (χ3n) is 3.32. The van der Waals surface area contributed by atoms with E-state index in [0.29, 0.717) is 34.2 Å². The van der Waals surface area contributed by atoms with E-state index in [2.05, 4.69) is 19.2 Å². The Bertz CT molecular complexity index is 659. The van der Waals surface area contributed by atoms with Gasteiger partial charge in [0.1, 0.15) is 6.61 Å². The Labute approximate surface area is 147 Å². The standard InChI is InChI=1S/C18H21Cl2NO2/c1-12(2)21-10-13-5-7-17(18(9-13)22-3)23-11-14-4-6-15(19)16(20)8-14/h4-9,12,21H,10-11H2,1-3H3. The predicted octanol–water partition coefficient (Wildman–Crippen LogP) is 5.08. The maximum atomic E-state index is 6.02. The lowest BCUT2D eigenvalue weighted by Crippen LogP contribution is -2.21. The Morgan fingerprint density at radius 2 is 1.70 bits per heavy atom. The van der Waals surface area contributed by atoms with Crippen LogP contribution >= 0.6 is 23.2 Å². The second-order valence-electron chi connectivity index (χ2n) is 5.56. The summed E-state index contributed by atoms with van der Waals surface area (Å²) in [6.07, 6.45) is 0. The van der Waals surface area contributed by atoms with E-state index in [9.17, 15) is 0 Å². The number of methoxy groups -OCH3 is 1. The molecule has 124 valence electrons. The van der Waals surface area contributed by atoms with Gasteiger partial charge in [0, 0.05) is 12.6 Å². The fraction of sp³-hybridized carbons (Fsp3) is 0.333. The maximum absolute atomic E-state index is 6.02. The number of hydrogen-bond donors (Lipinski definition) is 1. The molecule has 5 heteroatoms. The Balaban J connectivity index is 2.05. The van der Waals surface area contributed by atoms with Gasteiger partial charge in [0.2, 0.25) is 0 Å². The summed E-state index contributed by atoms with van der Waals surface area (Å²) in [7, 11) is 1.64. The molecule has 0 aliphatic heterocycles. The number of benzene rings is 2. The normalized spacial score (nSPS) is 10.9. The molecule has 2 aromatic carbocycles. The highest BCUT2D eigenvalue weighted by atomic mass is 35.5. The summed E-state index contributed by atoms with van der Waals surface area (Å²) in [5.74, 6) is 1.42. The lowest BCUT2D eigenvalue weighted by molar-refractivity contribution is 0.284. The van der Waals surface area contributed by atoms with E-state index < -0.39 is 0 Å². The van der Waals surface area contributed by atoms with E-state index in [1.54, 1.807) is 19.2 Å². The molecular weight excluding hydrogens is 333 g/mol. The average molecular weight is 354 g/mol. The molecule has 0 fully saturated rings. The number of halogens is 2. The van der Waals surface area contributed by atoms with Crippen LogP contribution in [0.1, 0.15) is 25.0 Å². The molecule has 0 saturated heterocycles. The average Bonchev–Trinajstić information content (AvgIpc) is 2.54. The Morgan fingerprint density at radius 1 is 0.957 bits per heavy atom. The van der Waals surface area contributed by atoms with E-state index in [0.717, 1.165) is 17.7 Å². The van der Waals surface area contributed by atoms with Crippen LogP contribution in [0.15, 0.2) is 36.4 Å². The van der Waals surface area contributed by atoms with Gasteiger partial charge in [0.05, 0.1) is 17.2 Å². The van der Waals surface area contributed by atoms with Gasteiger partial charge in [-0.1, -0.05) is 49.2 Å². The second-order valence-corrected chi connectivity index (χ2v) is 6.37. The molecule has 2 rings (SSSR count). The zero-order chi connectivity index (χ0) is 16.8. The number of ether oxygens (including phenoxy) is 2. The first-order chi connectivity index (χ1) is 11.0. The smallest absolute Gasteiger partial charge is 0.161 e. The van der Waals surface area contributed by atoms with Crippen molar-refractivity contribution < 1.29 is 9.47 Å². The van der Waals surface area contributed by atoms with Crippen molar-refractivity contribution >= 4 is 23.2 Å². The lowest BCUT2D eigenvalue weighted by Gasteiger charge is -2.14. The fourth-order valence-corrected chi connectivity index (χ4v) is 2.37. The van der Waals surface area contributed by atoms with Crippen LogP contribution in [-0.4, -0.2) is 13.2 Å². The molecule has 0 aromatic heterocycles. The maximum Gasteiger partial charge on any atom is 0.161 e. The SMILES string of the molecule is COc1cc(CNC(C)C)ccc1OCc1ccc(Cl)c(Cl)c1. The third kappa shape index (κ3) is 5.31. The monoisotopic (exact) mass is 353 g/mol. The van der Waals surface area contributed by atoms with Crippen LogP contribution in [0.5, 0.6) is 11.5 Å². The molecule has 0 atom stereocenters. The zero-order valence-electron chi connectivity index (χ0n) is 13.5. The van der Waals surface area contributed by atoms with E-state index in [-0.39, 0.29) is 0 Å². The van der Waals surface area contributed by atoms with E-state index in [4.69, 9.17) is 32.7 Å². The summed E-state index contributed by atoms with van der Waals surface area (Å²) < 4.78 is 11.3. The molecule has 0 spiro atoms. The highest BCUT2D eigenvalue weighted by Crippen LogP contribution is 2.29. The summed E-state index contributed by atoms with van der Waals surface area (Å²) in [5, 5.41) is 4.44. The zero-order valence-corrected chi connectivity index (χ0v) is 15.0. The first-order valence-corrected chi connectivity index (χ1v) is 8.22. The van der Waals surface area contributed by atoms with Gasteiger partial charge in [-0.05, 0) is 35.4 Å². The topological polar surface area (TPSA) is 30.5 Å². The van der Waals surface area contributed by atoms with Crippen molar-refractivity contribution in [3.63, 3.8) is 0 Å². The summed E-state index contributed by atoms with van der Waals surface area (Å²) in [5.41, 5.74) is 2.10. The number of hydrogen-bond acceptors (Lipinski definition) is 3. The molecule has 0 radical (unpaired) electrons. The largest absolute Gasteiger partial charge is 0.493 e. The minimum atomic E-state index is 0.400. The summed E-state index contributed by atoms with van der Waals surface area (Å²) in [6, 6.07) is 11.8. The van der Waals surface area contributed by atoms with Gasteiger partial charge < -0.3 is 14.8 Å². The highest BCUT2D eigenvalue weighted by molar-refractivity contribution is 6.42. The van der Waals surface area contributed by atoms with Crippen LogP contribution in [0.4, 0.5) is 0 Å². The Kier molecular flexibility index (Phi) is 6.58. The molecule has 1 N–H and O–H groups in total. The van der Waals surface area contributed by atoms with Gasteiger partial charge in [-0.25, -0.2) is 0 Å². The minimum absolute atomic E-state index is 0.400. The number of nitrogens with one attached hydrogen (secondary N) is 1. The van der Waals surface area contributed by atoms with Crippen molar-refractivity contribution in [1.29, 1.82) is 0 Å². The van der Waals surface area contributed by atoms with Gasteiger partial charge in [-0.2, -0.15) is 0 Å². The van der Waals surface area contributed by atoms with Gasteiger partial charge in [-0.15, -0.1) is 0 Å². The van der Waals surface area contributed by atoms with Crippen molar-refractivity contribution in [1.82, 2.24) is 5.32 Å². The minimum Gasteiger partial charge on any atom is -0.493 e. The van der Waals surface area contributed by atoms with Crippen molar-refractivity contribution in [2.75, 3.05) is 7.11 Å². The van der Waals surface area contributed by atoms with Crippen LogP contribution in [0, 0.1) is 0 Å². The van der Waals surface area contributed by atoms with Gasteiger partial charge >= 0.3 is 0 Å². The summed E-state index contributed by atoms with van der Waals surface area (Å²) in [4.78, 5) is 0. The van der Waals surface area contributed by atoms with Gasteiger partial charge in [-0.3, -0.25) is 0 Å². The van der Waals surface area contributed by atoms with Crippen LogP contribution in [-0.2, 0) is 13.2 Å². The summed E-state index contributed by atoms with van der Waals surface area (Å²) >= 11 is 11.9. The second kappa shape index (κ2) is 8.44. The molecule has 0 unspecified atom stereocenters. The van der Waals surface area contributed by atoms with Crippen LogP contribution < -0.4 is 14.8 Å². The van der Waals surface area contributed by atoms with Crippen LogP contribution in [0.25, 0.3) is 0 Å². The van der Waals surface area contributed by atoms with E-state index in [1.807, 2.05) is 24.3 Å². The molecule has 0 amide bonds. The molecule has 0 saturated carbocycles. The molecule has 0 aliphatic rings.